The molecule has 3 rings (SSSR count). The van der Waals surface area contributed by atoms with E-state index in [9.17, 15) is 18.5 Å². The van der Waals surface area contributed by atoms with Crippen molar-refractivity contribution in [2.45, 2.75) is 30.7 Å². The first-order valence-corrected chi connectivity index (χ1v) is 10.0. The minimum Gasteiger partial charge on any atom is -0.299 e. The van der Waals surface area contributed by atoms with E-state index in [4.69, 9.17) is 0 Å². The number of piperidine rings is 1. The summed E-state index contributed by atoms with van der Waals surface area (Å²) in [6.45, 7) is 3.06. The minimum atomic E-state index is -3.87. The number of likely N-dealkylation sites (tertiary alicyclic amines) is 1. The molecule has 138 valence electrons. The molecule has 0 aromatic heterocycles. The van der Waals surface area contributed by atoms with Crippen LogP contribution in [-0.2, 0) is 16.6 Å². The van der Waals surface area contributed by atoms with E-state index in [1.165, 1.54) is 37.5 Å². The number of rotatable bonds is 6. The van der Waals surface area contributed by atoms with Gasteiger partial charge in [0.2, 0.25) is 0 Å². The summed E-state index contributed by atoms with van der Waals surface area (Å²) in [5.74, 6) is 0. The lowest BCUT2D eigenvalue weighted by molar-refractivity contribution is -0.385. The van der Waals surface area contributed by atoms with Gasteiger partial charge in [0.1, 0.15) is 0 Å². The summed E-state index contributed by atoms with van der Waals surface area (Å²) in [5, 5.41) is 10.8. The second kappa shape index (κ2) is 7.84. The van der Waals surface area contributed by atoms with E-state index in [1.54, 1.807) is 12.1 Å². The first-order valence-electron chi connectivity index (χ1n) is 8.53. The predicted molar refractivity (Wildman–Crippen MR) is 99.5 cm³/mol. The van der Waals surface area contributed by atoms with Crippen molar-refractivity contribution in [3.63, 3.8) is 0 Å². The Morgan fingerprint density at radius 3 is 2.38 bits per heavy atom. The van der Waals surface area contributed by atoms with Crippen LogP contribution in [-0.4, -0.2) is 31.3 Å². The summed E-state index contributed by atoms with van der Waals surface area (Å²) < 4.78 is 27.3. The number of nitrogens with zero attached hydrogens (tertiary/aromatic N) is 2. The van der Waals surface area contributed by atoms with Crippen LogP contribution in [0.3, 0.4) is 0 Å². The molecule has 1 aliphatic heterocycles. The summed E-state index contributed by atoms with van der Waals surface area (Å²) in [5.41, 5.74) is 1.30. The van der Waals surface area contributed by atoms with Gasteiger partial charge < -0.3 is 0 Å². The van der Waals surface area contributed by atoms with Crippen LogP contribution in [0.4, 0.5) is 11.4 Å². The molecule has 1 aliphatic rings. The van der Waals surface area contributed by atoms with Gasteiger partial charge >= 0.3 is 0 Å². The molecule has 0 unspecified atom stereocenters. The highest BCUT2D eigenvalue weighted by Crippen LogP contribution is 2.21. The number of nitro benzene ring substituents is 1. The maximum atomic E-state index is 12.4. The molecule has 26 heavy (non-hydrogen) atoms. The van der Waals surface area contributed by atoms with E-state index in [-0.39, 0.29) is 10.6 Å². The molecule has 1 N–H and O–H groups in total. The Balaban J connectivity index is 1.69. The molecular formula is C18H21N3O4S. The van der Waals surface area contributed by atoms with Crippen LogP contribution < -0.4 is 4.72 Å². The van der Waals surface area contributed by atoms with Crippen molar-refractivity contribution in [1.29, 1.82) is 0 Å². The zero-order valence-electron chi connectivity index (χ0n) is 14.3. The Hall–Kier alpha value is -2.45. The van der Waals surface area contributed by atoms with Crippen molar-refractivity contribution < 1.29 is 13.3 Å². The SMILES string of the molecule is O=[N+]([O-])c1cccc(S(=O)(=O)Nc2ccc(CN3CCCCC3)cc2)c1. The van der Waals surface area contributed by atoms with Gasteiger partial charge in [0.15, 0.2) is 0 Å². The molecule has 2 aromatic rings. The van der Waals surface area contributed by atoms with Gasteiger partial charge in [-0.3, -0.25) is 19.7 Å². The van der Waals surface area contributed by atoms with E-state index in [2.05, 4.69) is 9.62 Å². The Morgan fingerprint density at radius 2 is 1.73 bits per heavy atom. The van der Waals surface area contributed by atoms with Crippen molar-refractivity contribution in [1.82, 2.24) is 4.90 Å². The van der Waals surface area contributed by atoms with Crippen LogP contribution in [0.1, 0.15) is 24.8 Å². The molecule has 0 saturated carbocycles. The van der Waals surface area contributed by atoms with Crippen molar-refractivity contribution >= 4 is 21.4 Å². The van der Waals surface area contributed by atoms with Crippen molar-refractivity contribution in [2.24, 2.45) is 0 Å². The molecule has 7 nitrogen and oxygen atoms in total. The number of non-ortho nitro benzene ring substituents is 1. The van der Waals surface area contributed by atoms with Crippen molar-refractivity contribution in [2.75, 3.05) is 17.8 Å². The van der Waals surface area contributed by atoms with Crippen LogP contribution in [0.5, 0.6) is 0 Å². The predicted octanol–water partition coefficient (Wildman–Crippen LogP) is 3.38. The van der Waals surface area contributed by atoms with E-state index in [1.807, 2.05) is 12.1 Å². The molecule has 1 saturated heterocycles. The van der Waals surface area contributed by atoms with Gasteiger partial charge in [-0.1, -0.05) is 24.6 Å². The molecule has 0 bridgehead atoms. The molecule has 1 fully saturated rings. The maximum absolute atomic E-state index is 12.4. The van der Waals surface area contributed by atoms with Crippen molar-refractivity contribution in [3.05, 3.63) is 64.2 Å². The Labute approximate surface area is 152 Å². The zero-order valence-corrected chi connectivity index (χ0v) is 15.1. The zero-order chi connectivity index (χ0) is 18.6. The standard InChI is InChI=1S/C18H21N3O4S/c22-21(23)17-5-4-6-18(13-17)26(24,25)19-16-9-7-15(8-10-16)14-20-11-2-1-3-12-20/h4-10,13,19H,1-3,11-12,14H2. The van der Waals surface area contributed by atoms with Crippen LogP contribution in [0.2, 0.25) is 0 Å². The fourth-order valence-electron chi connectivity index (χ4n) is 3.03. The first kappa shape index (κ1) is 18.3. The second-order valence-electron chi connectivity index (χ2n) is 6.39. The molecule has 0 spiro atoms. The summed E-state index contributed by atoms with van der Waals surface area (Å²) >= 11 is 0. The van der Waals surface area contributed by atoms with Crippen LogP contribution in [0, 0.1) is 10.1 Å². The fourth-order valence-corrected chi connectivity index (χ4v) is 4.13. The smallest absolute Gasteiger partial charge is 0.270 e. The molecule has 8 heteroatoms. The third-order valence-corrected chi connectivity index (χ3v) is 5.78. The number of nitro groups is 1. The summed E-state index contributed by atoms with van der Waals surface area (Å²) in [6, 6.07) is 12.2. The second-order valence-corrected chi connectivity index (χ2v) is 8.08. The third-order valence-electron chi connectivity index (χ3n) is 4.40. The van der Waals surface area contributed by atoms with Gasteiger partial charge in [-0.2, -0.15) is 0 Å². The number of sulfonamides is 1. The van der Waals surface area contributed by atoms with Gasteiger partial charge in [0, 0.05) is 24.4 Å². The van der Waals surface area contributed by atoms with Gasteiger partial charge in [0.25, 0.3) is 15.7 Å². The summed E-state index contributed by atoms with van der Waals surface area (Å²) in [4.78, 5) is 12.5. The molecule has 0 amide bonds. The average molecular weight is 375 g/mol. The van der Waals surface area contributed by atoms with E-state index in [0.717, 1.165) is 31.3 Å². The Bertz CT molecular complexity index is 876. The highest BCUT2D eigenvalue weighted by Gasteiger charge is 2.18. The molecular weight excluding hydrogens is 354 g/mol. The summed E-state index contributed by atoms with van der Waals surface area (Å²) in [7, 11) is -3.87. The quantitative estimate of drug-likeness (QED) is 0.617. The summed E-state index contributed by atoms with van der Waals surface area (Å²) in [6.07, 6.45) is 3.73. The number of benzene rings is 2. The Morgan fingerprint density at radius 1 is 1.04 bits per heavy atom. The maximum Gasteiger partial charge on any atom is 0.270 e. The number of hydrogen-bond donors (Lipinski definition) is 1. The minimum absolute atomic E-state index is 0.135. The van der Waals surface area contributed by atoms with Crippen LogP contribution >= 0.6 is 0 Å². The third kappa shape index (κ3) is 4.59. The molecule has 0 aliphatic carbocycles. The molecule has 2 aromatic carbocycles. The van der Waals surface area contributed by atoms with Gasteiger partial charge in [0.05, 0.1) is 9.82 Å². The van der Waals surface area contributed by atoms with Gasteiger partial charge in [-0.05, 0) is 49.7 Å². The highest BCUT2D eigenvalue weighted by molar-refractivity contribution is 7.92. The average Bonchev–Trinajstić information content (AvgIpc) is 2.64. The lowest BCUT2D eigenvalue weighted by Crippen LogP contribution is -2.29. The molecule has 0 atom stereocenters. The number of anilines is 1. The lowest BCUT2D eigenvalue weighted by atomic mass is 10.1. The largest absolute Gasteiger partial charge is 0.299 e. The van der Waals surface area contributed by atoms with E-state index >= 15 is 0 Å². The highest BCUT2D eigenvalue weighted by atomic mass is 32.2. The van der Waals surface area contributed by atoms with Gasteiger partial charge in [-0.15, -0.1) is 0 Å². The molecule has 1 heterocycles. The molecule has 0 radical (unpaired) electrons. The normalized spacial score (nSPS) is 15.5. The number of nitrogens with one attached hydrogen (secondary N) is 1. The monoisotopic (exact) mass is 375 g/mol. The van der Waals surface area contributed by atoms with Gasteiger partial charge in [-0.25, -0.2) is 8.42 Å². The van der Waals surface area contributed by atoms with Crippen LogP contribution in [0.15, 0.2) is 53.4 Å². The van der Waals surface area contributed by atoms with Crippen molar-refractivity contribution in [3.8, 4) is 0 Å². The first-order chi connectivity index (χ1) is 12.4. The van der Waals surface area contributed by atoms with E-state index < -0.39 is 14.9 Å². The fraction of sp³-hybridized carbons (Fsp3) is 0.333. The lowest BCUT2D eigenvalue weighted by Gasteiger charge is -2.26. The topological polar surface area (TPSA) is 92.5 Å². The van der Waals surface area contributed by atoms with Crippen LogP contribution in [0.25, 0.3) is 0 Å². The number of hydrogen-bond acceptors (Lipinski definition) is 5. The van der Waals surface area contributed by atoms with E-state index in [0.29, 0.717) is 5.69 Å². The Kier molecular flexibility index (Phi) is 5.53.